The number of hydrogen-bond acceptors (Lipinski definition) is 3. The van der Waals surface area contributed by atoms with Gasteiger partial charge in [-0.15, -0.1) is 0 Å². The van der Waals surface area contributed by atoms with Gasteiger partial charge in [-0.1, -0.05) is 40.9 Å². The van der Waals surface area contributed by atoms with Crippen LogP contribution in [0.4, 0.5) is 0 Å². The summed E-state index contributed by atoms with van der Waals surface area (Å²) < 4.78 is 0.855. The van der Waals surface area contributed by atoms with Crippen molar-refractivity contribution < 1.29 is 5.11 Å². The highest BCUT2D eigenvalue weighted by molar-refractivity contribution is 9.10. The minimum Gasteiger partial charge on any atom is -0.493 e. The molecule has 0 saturated heterocycles. The first-order valence-corrected chi connectivity index (χ1v) is 7.53. The van der Waals surface area contributed by atoms with Gasteiger partial charge in [-0.2, -0.15) is 4.98 Å². The zero-order valence-corrected chi connectivity index (χ0v) is 12.5. The first-order valence-electron chi connectivity index (χ1n) is 6.74. The molecule has 0 bridgehead atoms. The molecule has 0 radical (unpaired) electrons. The summed E-state index contributed by atoms with van der Waals surface area (Å²) in [5, 5.41) is 10.1. The molecule has 1 saturated carbocycles. The quantitative estimate of drug-likeness (QED) is 0.882. The van der Waals surface area contributed by atoms with Crippen molar-refractivity contribution in [3.8, 4) is 17.0 Å². The van der Waals surface area contributed by atoms with E-state index in [-0.39, 0.29) is 22.9 Å². The molecule has 1 fully saturated rings. The first-order chi connectivity index (χ1) is 9.65. The van der Waals surface area contributed by atoms with E-state index in [0.29, 0.717) is 11.4 Å². The Hall–Kier alpha value is -1.62. The van der Waals surface area contributed by atoms with E-state index in [4.69, 9.17) is 0 Å². The largest absolute Gasteiger partial charge is 0.493 e. The molecule has 1 aromatic carbocycles. The Morgan fingerprint density at radius 1 is 1.30 bits per heavy atom. The Labute approximate surface area is 125 Å². The van der Waals surface area contributed by atoms with Crippen LogP contribution in [0.1, 0.15) is 37.4 Å². The second kappa shape index (κ2) is 5.40. The Morgan fingerprint density at radius 2 is 2.05 bits per heavy atom. The summed E-state index contributed by atoms with van der Waals surface area (Å²) >= 11 is 3.36. The second-order valence-corrected chi connectivity index (χ2v) is 6.06. The van der Waals surface area contributed by atoms with Crippen LogP contribution in [0.15, 0.2) is 33.5 Å². The predicted molar refractivity (Wildman–Crippen MR) is 80.9 cm³/mol. The van der Waals surface area contributed by atoms with Crippen LogP contribution in [-0.4, -0.2) is 15.1 Å². The SMILES string of the molecule is O=c1[nH]c(C2CCCC2)nc(O)c1-c1cccc(Br)c1. The Kier molecular flexibility index (Phi) is 3.61. The molecule has 0 amide bonds. The van der Waals surface area contributed by atoms with E-state index in [1.165, 1.54) is 0 Å². The van der Waals surface area contributed by atoms with E-state index in [1.807, 2.05) is 12.1 Å². The second-order valence-electron chi connectivity index (χ2n) is 5.14. The molecule has 2 aromatic rings. The van der Waals surface area contributed by atoms with E-state index in [2.05, 4.69) is 25.9 Å². The molecule has 3 rings (SSSR count). The van der Waals surface area contributed by atoms with E-state index < -0.39 is 0 Å². The van der Waals surface area contributed by atoms with Crippen molar-refractivity contribution in [2.45, 2.75) is 31.6 Å². The number of H-pyrrole nitrogens is 1. The predicted octanol–water partition coefficient (Wildman–Crippen LogP) is 3.56. The van der Waals surface area contributed by atoms with Gasteiger partial charge in [-0.05, 0) is 30.5 Å². The van der Waals surface area contributed by atoms with Gasteiger partial charge >= 0.3 is 0 Å². The van der Waals surface area contributed by atoms with Crippen LogP contribution in [0.2, 0.25) is 0 Å². The number of nitrogens with one attached hydrogen (secondary N) is 1. The maximum atomic E-state index is 12.3. The lowest BCUT2D eigenvalue weighted by Gasteiger charge is -2.10. The molecular formula is C15H15BrN2O2. The highest BCUT2D eigenvalue weighted by atomic mass is 79.9. The molecule has 0 atom stereocenters. The molecule has 104 valence electrons. The zero-order valence-electron chi connectivity index (χ0n) is 10.9. The molecule has 5 heteroatoms. The molecule has 1 aliphatic carbocycles. The average Bonchev–Trinajstić information content (AvgIpc) is 2.91. The van der Waals surface area contributed by atoms with Crippen molar-refractivity contribution in [3.63, 3.8) is 0 Å². The van der Waals surface area contributed by atoms with Gasteiger partial charge in [0.15, 0.2) is 0 Å². The molecule has 20 heavy (non-hydrogen) atoms. The van der Waals surface area contributed by atoms with E-state index >= 15 is 0 Å². The third kappa shape index (κ3) is 2.50. The van der Waals surface area contributed by atoms with Gasteiger partial charge in [-0.3, -0.25) is 4.79 Å². The van der Waals surface area contributed by atoms with E-state index in [1.54, 1.807) is 12.1 Å². The van der Waals surface area contributed by atoms with Crippen molar-refractivity contribution in [1.82, 2.24) is 9.97 Å². The smallest absolute Gasteiger partial charge is 0.262 e. The monoisotopic (exact) mass is 334 g/mol. The molecule has 4 nitrogen and oxygen atoms in total. The lowest BCUT2D eigenvalue weighted by atomic mass is 10.1. The average molecular weight is 335 g/mol. The van der Waals surface area contributed by atoms with E-state index in [9.17, 15) is 9.90 Å². The summed E-state index contributed by atoms with van der Waals surface area (Å²) in [5.41, 5.74) is 0.606. The standard InChI is InChI=1S/C15H15BrN2O2/c16-11-7-3-6-10(8-11)12-14(19)17-13(18-15(12)20)9-4-1-2-5-9/h3,6-9H,1-2,4-5H2,(H2,17,18,19,20). The fraction of sp³-hybridized carbons (Fsp3) is 0.333. The number of nitrogens with zero attached hydrogens (tertiary/aromatic N) is 1. The summed E-state index contributed by atoms with van der Waals surface area (Å²) in [6.45, 7) is 0. The van der Waals surface area contributed by atoms with E-state index in [0.717, 1.165) is 30.2 Å². The van der Waals surface area contributed by atoms with Gasteiger partial charge in [0.25, 0.3) is 5.56 Å². The minimum atomic E-state index is -0.280. The number of benzene rings is 1. The van der Waals surface area contributed by atoms with Gasteiger partial charge in [0.05, 0.1) is 0 Å². The third-order valence-electron chi connectivity index (χ3n) is 3.77. The van der Waals surface area contributed by atoms with Gasteiger partial charge < -0.3 is 10.1 Å². The number of aromatic amines is 1. The number of halogens is 1. The van der Waals surface area contributed by atoms with Crippen LogP contribution in [0.5, 0.6) is 5.88 Å². The molecule has 0 unspecified atom stereocenters. The van der Waals surface area contributed by atoms with Crippen LogP contribution >= 0.6 is 15.9 Å². The van der Waals surface area contributed by atoms with Gasteiger partial charge in [0.2, 0.25) is 5.88 Å². The molecule has 0 spiro atoms. The molecule has 0 aliphatic heterocycles. The highest BCUT2D eigenvalue weighted by Crippen LogP contribution is 2.33. The van der Waals surface area contributed by atoms with Crippen molar-refractivity contribution in [3.05, 3.63) is 44.9 Å². The fourth-order valence-electron chi connectivity index (χ4n) is 2.78. The van der Waals surface area contributed by atoms with Crippen molar-refractivity contribution in [2.24, 2.45) is 0 Å². The number of rotatable bonds is 2. The Bertz CT molecular complexity index is 691. The summed E-state index contributed by atoms with van der Waals surface area (Å²) in [7, 11) is 0. The van der Waals surface area contributed by atoms with Gasteiger partial charge in [-0.25, -0.2) is 0 Å². The van der Waals surface area contributed by atoms with Crippen molar-refractivity contribution >= 4 is 15.9 Å². The summed E-state index contributed by atoms with van der Waals surface area (Å²) in [6, 6.07) is 7.27. The van der Waals surface area contributed by atoms with Crippen LogP contribution in [-0.2, 0) is 0 Å². The molecule has 1 heterocycles. The summed E-state index contributed by atoms with van der Waals surface area (Å²) in [4.78, 5) is 19.3. The Balaban J connectivity index is 2.07. The van der Waals surface area contributed by atoms with Crippen molar-refractivity contribution in [2.75, 3.05) is 0 Å². The van der Waals surface area contributed by atoms with Crippen LogP contribution < -0.4 is 5.56 Å². The molecule has 1 aliphatic rings. The zero-order chi connectivity index (χ0) is 14.1. The molecule has 2 N–H and O–H groups in total. The van der Waals surface area contributed by atoms with Crippen LogP contribution in [0, 0.1) is 0 Å². The summed E-state index contributed by atoms with van der Waals surface area (Å²) in [6.07, 6.45) is 4.36. The first kappa shape index (κ1) is 13.4. The molecule has 1 aromatic heterocycles. The Morgan fingerprint density at radius 3 is 2.70 bits per heavy atom. The maximum Gasteiger partial charge on any atom is 0.262 e. The number of aromatic hydroxyl groups is 1. The molecular weight excluding hydrogens is 320 g/mol. The van der Waals surface area contributed by atoms with Crippen LogP contribution in [0.3, 0.4) is 0 Å². The van der Waals surface area contributed by atoms with Gasteiger partial charge in [0.1, 0.15) is 11.4 Å². The van der Waals surface area contributed by atoms with Crippen LogP contribution in [0.25, 0.3) is 11.1 Å². The minimum absolute atomic E-state index is 0.186. The normalized spacial score (nSPS) is 15.7. The third-order valence-corrected chi connectivity index (χ3v) is 4.27. The topological polar surface area (TPSA) is 66.0 Å². The fourth-order valence-corrected chi connectivity index (χ4v) is 3.17. The number of aromatic nitrogens is 2. The lowest BCUT2D eigenvalue weighted by Crippen LogP contribution is -2.15. The van der Waals surface area contributed by atoms with Crippen molar-refractivity contribution in [1.29, 1.82) is 0 Å². The summed E-state index contributed by atoms with van der Waals surface area (Å²) in [5.74, 6) is 0.697. The van der Waals surface area contributed by atoms with Gasteiger partial charge in [0, 0.05) is 10.4 Å². The maximum absolute atomic E-state index is 12.3. The number of hydrogen-bond donors (Lipinski definition) is 2. The lowest BCUT2D eigenvalue weighted by molar-refractivity contribution is 0.446. The highest BCUT2D eigenvalue weighted by Gasteiger charge is 2.22.